The summed E-state index contributed by atoms with van der Waals surface area (Å²) in [5.41, 5.74) is 2.73. The maximum Gasteiger partial charge on any atom is 0.416 e. The van der Waals surface area contributed by atoms with Crippen LogP contribution < -0.4 is 15.4 Å². The van der Waals surface area contributed by atoms with Crippen LogP contribution in [-0.2, 0) is 25.2 Å². The summed E-state index contributed by atoms with van der Waals surface area (Å²) in [5.74, 6) is -14.3. The van der Waals surface area contributed by atoms with Crippen molar-refractivity contribution in [1.82, 2.24) is 0 Å². The summed E-state index contributed by atoms with van der Waals surface area (Å²) in [6, 6.07) is 10.4. The molecule has 1 atom stereocenters. The third kappa shape index (κ3) is 5.61. The highest BCUT2D eigenvalue weighted by molar-refractivity contribution is 6.06. The molecule has 3 aromatic carbocycles. The number of halogens is 7. The molecule has 0 amide bonds. The van der Waals surface area contributed by atoms with E-state index in [1.54, 1.807) is 18.2 Å². The van der Waals surface area contributed by atoms with Gasteiger partial charge in [-0.15, -0.1) is 0 Å². The number of rotatable bonds is 6. The number of benzene rings is 3. The monoisotopic (exact) mass is 621 g/mol. The van der Waals surface area contributed by atoms with Crippen LogP contribution in [0.15, 0.2) is 77.3 Å². The van der Waals surface area contributed by atoms with Gasteiger partial charge in [-0.05, 0) is 17.7 Å². The van der Waals surface area contributed by atoms with E-state index in [1.807, 2.05) is 6.07 Å². The third-order valence-corrected chi connectivity index (χ3v) is 6.38. The van der Waals surface area contributed by atoms with Crippen molar-refractivity contribution < 1.29 is 54.5 Å². The average Bonchev–Trinajstić information content (AvgIpc) is 2.98. The number of hydrogen-bond acceptors (Lipinski definition) is 8. The first-order valence-electron chi connectivity index (χ1n) is 12.1. The van der Waals surface area contributed by atoms with Gasteiger partial charge in [-0.1, -0.05) is 30.3 Å². The highest BCUT2D eigenvalue weighted by Crippen LogP contribution is 2.44. The van der Waals surface area contributed by atoms with Crippen LogP contribution in [0.5, 0.6) is 11.5 Å². The molecule has 228 valence electrons. The van der Waals surface area contributed by atoms with E-state index in [9.17, 15) is 36.8 Å². The molecule has 44 heavy (non-hydrogen) atoms. The first-order valence-corrected chi connectivity index (χ1v) is 12.1. The number of methoxy groups -OCH3 is 2. The Labute approximate surface area is 243 Å². The molecule has 0 aromatic heterocycles. The van der Waals surface area contributed by atoms with Crippen LogP contribution in [0, 0.1) is 34.6 Å². The molecule has 1 heterocycles. The van der Waals surface area contributed by atoms with Gasteiger partial charge >= 0.3 is 18.1 Å². The zero-order valence-corrected chi connectivity index (χ0v) is 22.4. The number of nitrogens with zero attached hydrogens (tertiary/aromatic N) is 2. The number of esters is 2. The van der Waals surface area contributed by atoms with E-state index >= 15 is 8.78 Å². The van der Waals surface area contributed by atoms with Crippen molar-refractivity contribution in [3.8, 4) is 17.6 Å². The molecule has 0 saturated heterocycles. The van der Waals surface area contributed by atoms with Crippen molar-refractivity contribution in [3.63, 3.8) is 0 Å². The van der Waals surface area contributed by atoms with Gasteiger partial charge in [0.2, 0.25) is 0 Å². The van der Waals surface area contributed by atoms with E-state index in [0.717, 1.165) is 14.2 Å². The van der Waals surface area contributed by atoms with E-state index < -0.39 is 87.1 Å². The molecule has 15 heteroatoms. The first kappa shape index (κ1) is 31.4. The summed E-state index contributed by atoms with van der Waals surface area (Å²) >= 11 is 0. The fourth-order valence-electron chi connectivity index (χ4n) is 4.48. The number of hydrogen-bond donors (Lipinski definition) is 1. The van der Waals surface area contributed by atoms with E-state index in [4.69, 9.17) is 15.2 Å². The molecule has 1 aliphatic rings. The normalized spacial score (nSPS) is 15.2. The highest BCUT2D eigenvalue weighted by atomic mass is 19.4. The first-order chi connectivity index (χ1) is 20.7. The summed E-state index contributed by atoms with van der Waals surface area (Å²) in [5, 5.41) is 10.0. The van der Waals surface area contributed by atoms with Crippen LogP contribution in [0.3, 0.4) is 0 Å². The molecular weight excluding hydrogens is 603 g/mol. The molecule has 1 aliphatic heterocycles. The van der Waals surface area contributed by atoms with Gasteiger partial charge < -0.3 is 19.9 Å². The Morgan fingerprint density at radius 1 is 0.864 bits per heavy atom. The van der Waals surface area contributed by atoms with Crippen molar-refractivity contribution >= 4 is 17.6 Å². The SMILES string of the molecule is COC(=O)C1=C(C(=O)OC)N(c2cc(F)c(Oc3c(F)cc(C(F)(F)F)cc3F)c(F)c2)C(N)=C(C#N)C1c1ccccc1. The van der Waals surface area contributed by atoms with Crippen LogP contribution in [0.25, 0.3) is 0 Å². The Morgan fingerprint density at radius 2 is 1.36 bits per heavy atom. The van der Waals surface area contributed by atoms with Crippen molar-refractivity contribution in [2.45, 2.75) is 12.1 Å². The molecule has 0 aliphatic carbocycles. The largest absolute Gasteiger partial charge is 0.466 e. The van der Waals surface area contributed by atoms with E-state index in [-0.39, 0.29) is 17.7 Å². The average molecular weight is 621 g/mol. The van der Waals surface area contributed by atoms with Crippen LogP contribution in [0.4, 0.5) is 36.4 Å². The topological polar surface area (TPSA) is 115 Å². The maximum absolute atomic E-state index is 15.3. The maximum atomic E-state index is 15.3. The fraction of sp³-hybridized carbons (Fsp3) is 0.138. The van der Waals surface area contributed by atoms with Crippen molar-refractivity contribution in [1.29, 1.82) is 5.26 Å². The van der Waals surface area contributed by atoms with Gasteiger partial charge in [0.05, 0.1) is 48.6 Å². The summed E-state index contributed by atoms with van der Waals surface area (Å²) in [6.45, 7) is 0. The Morgan fingerprint density at radius 3 is 1.82 bits per heavy atom. The van der Waals surface area contributed by atoms with E-state index in [2.05, 4.69) is 4.74 Å². The quantitative estimate of drug-likeness (QED) is 0.265. The standard InChI is InChI=1S/C29H18F7N3O5/c1-42-27(40)22-21(13-6-4-3-5-7-13)16(12-37)26(38)39(23(22)28(41)43-2)15-10-19(32)25(20(33)11-15)44-24-17(30)8-14(9-18(24)31)29(34,35)36/h3-11,21H,38H2,1-2H3. The van der Waals surface area contributed by atoms with Crippen LogP contribution in [-0.4, -0.2) is 26.2 Å². The molecule has 0 bridgehead atoms. The molecular formula is C29H18F7N3O5. The number of nitrogens with two attached hydrogens (primary N) is 1. The molecule has 2 N–H and O–H groups in total. The Bertz CT molecular complexity index is 1720. The van der Waals surface area contributed by atoms with E-state index in [0.29, 0.717) is 22.6 Å². The summed E-state index contributed by atoms with van der Waals surface area (Å²) < 4.78 is 112. The number of carbonyl (C=O) groups is 2. The molecule has 4 rings (SSSR count). The van der Waals surface area contributed by atoms with Crippen LogP contribution >= 0.6 is 0 Å². The second kappa shape index (κ2) is 12.0. The van der Waals surface area contributed by atoms with E-state index in [1.165, 1.54) is 12.1 Å². The molecule has 0 fully saturated rings. The minimum Gasteiger partial charge on any atom is -0.466 e. The van der Waals surface area contributed by atoms with Gasteiger partial charge in [0.15, 0.2) is 34.8 Å². The molecule has 1 unspecified atom stereocenters. The minimum atomic E-state index is -5.13. The van der Waals surface area contributed by atoms with Crippen molar-refractivity contribution in [3.05, 3.63) is 112 Å². The van der Waals surface area contributed by atoms with Gasteiger partial charge in [-0.25, -0.2) is 27.2 Å². The number of allylic oxidation sites excluding steroid dienone is 1. The van der Waals surface area contributed by atoms with Gasteiger partial charge in [-0.2, -0.15) is 18.4 Å². The Balaban J connectivity index is 1.91. The van der Waals surface area contributed by atoms with Gasteiger partial charge in [-0.3, -0.25) is 4.90 Å². The third-order valence-electron chi connectivity index (χ3n) is 6.38. The lowest BCUT2D eigenvalue weighted by Crippen LogP contribution is -2.40. The number of ether oxygens (including phenoxy) is 3. The predicted octanol–water partition coefficient (Wildman–Crippen LogP) is 5.95. The summed E-state index contributed by atoms with van der Waals surface area (Å²) in [4.78, 5) is 26.8. The lowest BCUT2D eigenvalue weighted by atomic mass is 9.81. The second-order valence-electron chi connectivity index (χ2n) is 8.94. The number of anilines is 1. The Hall–Kier alpha value is -5.52. The molecule has 0 saturated carbocycles. The van der Waals surface area contributed by atoms with Gasteiger partial charge in [0.25, 0.3) is 0 Å². The number of alkyl halides is 3. The predicted molar refractivity (Wildman–Crippen MR) is 137 cm³/mol. The lowest BCUT2D eigenvalue weighted by molar-refractivity contribution is -0.139. The fourth-order valence-corrected chi connectivity index (χ4v) is 4.48. The zero-order valence-electron chi connectivity index (χ0n) is 22.4. The number of nitriles is 1. The highest BCUT2D eigenvalue weighted by Gasteiger charge is 2.43. The van der Waals surface area contributed by atoms with Gasteiger partial charge in [0, 0.05) is 12.1 Å². The van der Waals surface area contributed by atoms with Crippen molar-refractivity contribution in [2.24, 2.45) is 5.73 Å². The summed E-state index contributed by atoms with van der Waals surface area (Å²) in [6.07, 6.45) is -5.13. The minimum absolute atomic E-state index is 0.129. The molecule has 0 spiro atoms. The summed E-state index contributed by atoms with van der Waals surface area (Å²) in [7, 11) is 1.92. The smallest absolute Gasteiger partial charge is 0.416 e. The zero-order chi connectivity index (χ0) is 32.5. The van der Waals surface area contributed by atoms with Crippen molar-refractivity contribution in [2.75, 3.05) is 19.1 Å². The molecule has 3 aromatic rings. The van der Waals surface area contributed by atoms with Gasteiger partial charge in [0.1, 0.15) is 11.5 Å². The van der Waals surface area contributed by atoms with Crippen LogP contribution in [0.2, 0.25) is 0 Å². The van der Waals surface area contributed by atoms with Crippen LogP contribution in [0.1, 0.15) is 17.0 Å². The Kier molecular flexibility index (Phi) is 8.57. The number of carbonyl (C=O) groups excluding carboxylic acids is 2. The lowest BCUT2D eigenvalue weighted by Gasteiger charge is -2.36. The molecule has 0 radical (unpaired) electrons. The molecule has 8 nitrogen and oxygen atoms in total. The second-order valence-corrected chi connectivity index (χ2v) is 8.94.